The highest BCUT2D eigenvalue weighted by Gasteiger charge is 2.31. The molecule has 1 aliphatic rings. The Kier molecular flexibility index (Phi) is 6.64. The fraction of sp³-hybridized carbons (Fsp3) is 0.800. The number of alkyl carbamates (subject to hydrolysis) is 1. The molecule has 0 aromatic heterocycles. The van der Waals surface area contributed by atoms with E-state index in [1.54, 1.807) is 19.1 Å². The normalized spacial score (nSPS) is 31.9. The predicted molar refractivity (Wildman–Crippen MR) is 79.0 cm³/mol. The second-order valence-corrected chi connectivity index (χ2v) is 6.23. The molecule has 1 aliphatic carbocycles. The minimum Gasteiger partial charge on any atom is -0.442 e. The lowest BCUT2D eigenvalue weighted by Crippen LogP contribution is -2.42. The van der Waals surface area contributed by atoms with E-state index in [2.05, 4.69) is 5.32 Å². The van der Waals surface area contributed by atoms with Gasteiger partial charge in [0.25, 0.3) is 0 Å². The Morgan fingerprint density at radius 3 is 2.52 bits per heavy atom. The van der Waals surface area contributed by atoms with Crippen LogP contribution in [0.1, 0.15) is 40.5 Å². The molecule has 0 bridgehead atoms. The van der Waals surface area contributed by atoms with Crippen LogP contribution in [0, 0.1) is 0 Å². The van der Waals surface area contributed by atoms with Gasteiger partial charge in [-0.15, -0.1) is 0 Å². The van der Waals surface area contributed by atoms with E-state index < -0.39 is 36.1 Å². The average Bonchev–Trinajstić information content (AvgIpc) is 2.32. The second-order valence-electron chi connectivity index (χ2n) is 6.23. The molecule has 4 atom stereocenters. The average molecular weight is 301 g/mol. The Hall–Kier alpha value is -1.11. The van der Waals surface area contributed by atoms with E-state index in [-0.39, 0.29) is 6.42 Å². The van der Waals surface area contributed by atoms with Crippen LogP contribution in [0.15, 0.2) is 12.2 Å². The molecule has 6 nitrogen and oxygen atoms in total. The summed E-state index contributed by atoms with van der Waals surface area (Å²) in [5, 5.41) is 22.5. The van der Waals surface area contributed by atoms with Crippen LogP contribution in [-0.2, 0) is 9.47 Å². The first-order valence-corrected chi connectivity index (χ1v) is 7.38. The first kappa shape index (κ1) is 17.9. The molecule has 1 amide bonds. The van der Waals surface area contributed by atoms with Crippen LogP contribution in [0.25, 0.3) is 0 Å². The molecule has 0 saturated heterocycles. The minimum absolute atomic E-state index is 0.200. The molecule has 0 fully saturated rings. The Labute approximate surface area is 126 Å². The van der Waals surface area contributed by atoms with Crippen molar-refractivity contribution in [3.8, 4) is 0 Å². The van der Waals surface area contributed by atoms with Gasteiger partial charge in [0.05, 0.1) is 23.9 Å². The van der Waals surface area contributed by atoms with E-state index >= 15 is 0 Å². The summed E-state index contributed by atoms with van der Waals surface area (Å²) >= 11 is 0. The molecule has 0 saturated carbocycles. The largest absolute Gasteiger partial charge is 0.442 e. The van der Waals surface area contributed by atoms with E-state index in [0.717, 1.165) is 0 Å². The van der Waals surface area contributed by atoms with Crippen molar-refractivity contribution in [2.24, 2.45) is 0 Å². The number of aliphatic hydroxyl groups excluding tert-OH is 2. The van der Waals surface area contributed by atoms with Crippen molar-refractivity contribution in [1.82, 2.24) is 5.32 Å². The van der Waals surface area contributed by atoms with Gasteiger partial charge in [0.15, 0.2) is 0 Å². The summed E-state index contributed by atoms with van der Waals surface area (Å²) in [5.74, 6) is 0. The number of carbonyl (C=O) groups excluding carboxylic acids is 1. The zero-order chi connectivity index (χ0) is 16.0. The summed E-state index contributed by atoms with van der Waals surface area (Å²) in [5.41, 5.74) is -0.435. The third-order valence-electron chi connectivity index (χ3n) is 3.01. The fourth-order valence-electron chi connectivity index (χ4n) is 2.19. The van der Waals surface area contributed by atoms with Crippen LogP contribution in [0.4, 0.5) is 4.79 Å². The van der Waals surface area contributed by atoms with Crippen LogP contribution in [0.3, 0.4) is 0 Å². The molecule has 0 spiro atoms. The molecule has 0 aromatic carbocycles. The van der Waals surface area contributed by atoms with Crippen LogP contribution in [0.5, 0.6) is 0 Å². The molecule has 6 heteroatoms. The summed E-state index contributed by atoms with van der Waals surface area (Å²) in [6.45, 7) is 7.95. The van der Waals surface area contributed by atoms with Gasteiger partial charge in [0.2, 0.25) is 0 Å². The van der Waals surface area contributed by atoms with Gasteiger partial charge in [-0.2, -0.15) is 0 Å². The molecule has 0 radical (unpaired) electrons. The van der Waals surface area contributed by atoms with Gasteiger partial charge >= 0.3 is 6.09 Å². The van der Waals surface area contributed by atoms with E-state index in [0.29, 0.717) is 13.0 Å². The van der Waals surface area contributed by atoms with Gasteiger partial charge in [-0.05, 0) is 33.8 Å². The highest BCUT2D eigenvalue weighted by molar-refractivity contribution is 5.67. The smallest absolute Gasteiger partial charge is 0.407 e. The maximum atomic E-state index is 11.5. The molecule has 0 aromatic rings. The van der Waals surface area contributed by atoms with Gasteiger partial charge in [0, 0.05) is 19.4 Å². The molecule has 21 heavy (non-hydrogen) atoms. The number of hydrogen-bond donors (Lipinski definition) is 3. The van der Waals surface area contributed by atoms with Crippen LogP contribution < -0.4 is 5.32 Å². The second kappa shape index (κ2) is 7.77. The summed E-state index contributed by atoms with van der Waals surface area (Å²) in [6.07, 6.45) is 0.551. The van der Waals surface area contributed by atoms with Crippen molar-refractivity contribution in [3.63, 3.8) is 0 Å². The fourth-order valence-corrected chi connectivity index (χ4v) is 2.19. The summed E-state index contributed by atoms with van der Waals surface area (Å²) in [4.78, 5) is 11.5. The lowest BCUT2D eigenvalue weighted by Gasteiger charge is -2.34. The zero-order valence-electron chi connectivity index (χ0n) is 13.2. The first-order chi connectivity index (χ1) is 9.71. The van der Waals surface area contributed by atoms with Gasteiger partial charge in [-0.3, -0.25) is 0 Å². The number of ether oxygens (including phenoxy) is 2. The van der Waals surface area contributed by atoms with Gasteiger partial charge in [-0.25, -0.2) is 4.79 Å². The van der Waals surface area contributed by atoms with Crippen molar-refractivity contribution >= 4 is 6.09 Å². The first-order valence-electron chi connectivity index (χ1n) is 7.38. The van der Waals surface area contributed by atoms with E-state index in [1.165, 1.54) is 0 Å². The van der Waals surface area contributed by atoms with Crippen molar-refractivity contribution in [2.75, 3.05) is 6.54 Å². The third kappa shape index (κ3) is 6.93. The van der Waals surface area contributed by atoms with Gasteiger partial charge in [0.1, 0.15) is 6.10 Å². The Morgan fingerprint density at radius 1 is 1.29 bits per heavy atom. The molecule has 4 unspecified atom stereocenters. The molecule has 3 N–H and O–H groups in total. The molecule has 0 aliphatic heterocycles. The molecular weight excluding hydrogens is 274 g/mol. The highest BCUT2D eigenvalue weighted by atomic mass is 16.6. The third-order valence-corrected chi connectivity index (χ3v) is 3.01. The highest BCUT2D eigenvalue weighted by Crippen LogP contribution is 2.23. The summed E-state index contributed by atoms with van der Waals surface area (Å²) in [6, 6.07) is 0. The lowest BCUT2D eigenvalue weighted by atomic mass is 9.96. The van der Waals surface area contributed by atoms with Crippen LogP contribution in [0.2, 0.25) is 0 Å². The number of amides is 1. The van der Waals surface area contributed by atoms with E-state index in [9.17, 15) is 15.0 Å². The van der Waals surface area contributed by atoms with E-state index in [4.69, 9.17) is 9.47 Å². The maximum Gasteiger partial charge on any atom is 0.407 e. The maximum absolute atomic E-state index is 11.5. The number of nitrogens with one attached hydrogen (secondary N) is 1. The van der Waals surface area contributed by atoms with Crippen molar-refractivity contribution in [1.29, 1.82) is 0 Å². The standard InChI is InChI=1S/C15H27NO5/c1-5-16-14(19)20-11-7-6-10(17)8-12(18)13(9-11)21-15(2,3)4/h6-7,10-13,17-18H,5,8-9H2,1-4H3,(H,16,19)/b7-6+. The topological polar surface area (TPSA) is 88.0 Å². The van der Waals surface area contributed by atoms with E-state index in [1.807, 2.05) is 20.8 Å². The van der Waals surface area contributed by atoms with Gasteiger partial charge < -0.3 is 25.0 Å². The minimum atomic E-state index is -0.815. The number of carbonyl (C=O) groups is 1. The monoisotopic (exact) mass is 301 g/mol. The van der Waals surface area contributed by atoms with Crippen molar-refractivity contribution in [3.05, 3.63) is 12.2 Å². The Bertz CT molecular complexity index is 364. The number of rotatable bonds is 3. The summed E-state index contributed by atoms with van der Waals surface area (Å²) < 4.78 is 11.1. The number of hydrogen-bond acceptors (Lipinski definition) is 5. The molecular formula is C15H27NO5. The predicted octanol–water partition coefficient (Wildman–Crippen LogP) is 1.36. The van der Waals surface area contributed by atoms with Crippen LogP contribution in [-0.4, -0.2) is 52.9 Å². The lowest BCUT2D eigenvalue weighted by molar-refractivity contribution is -0.129. The van der Waals surface area contributed by atoms with Crippen molar-refractivity contribution in [2.45, 2.75) is 70.6 Å². The Morgan fingerprint density at radius 2 is 1.95 bits per heavy atom. The van der Waals surface area contributed by atoms with Crippen molar-refractivity contribution < 1.29 is 24.5 Å². The Balaban J connectivity index is 2.79. The quantitative estimate of drug-likeness (QED) is 0.685. The summed E-state index contributed by atoms with van der Waals surface area (Å²) in [7, 11) is 0. The molecule has 0 heterocycles. The zero-order valence-corrected chi connectivity index (χ0v) is 13.2. The molecule has 122 valence electrons. The SMILES string of the molecule is CCNC(=O)OC1/C=C/C(O)CC(O)C(OC(C)(C)C)C1. The van der Waals surface area contributed by atoms with Crippen LogP contribution >= 0.6 is 0 Å². The molecule has 1 rings (SSSR count). The number of aliphatic hydroxyl groups is 2. The van der Waals surface area contributed by atoms with Gasteiger partial charge in [-0.1, -0.05) is 6.08 Å².